The van der Waals surface area contributed by atoms with E-state index in [1.807, 2.05) is 38.1 Å². The van der Waals surface area contributed by atoms with Gasteiger partial charge >= 0.3 is 0 Å². The number of amides is 1. The lowest BCUT2D eigenvalue weighted by Crippen LogP contribution is -2.24. The Morgan fingerprint density at radius 3 is 2.50 bits per heavy atom. The molecule has 0 bridgehead atoms. The molecule has 0 aliphatic heterocycles. The molecule has 0 unspecified atom stereocenters. The predicted molar refractivity (Wildman–Crippen MR) is 95.9 cm³/mol. The van der Waals surface area contributed by atoms with Gasteiger partial charge in [0.15, 0.2) is 0 Å². The molecular formula is C20H25NO3. The molecule has 0 aliphatic rings. The number of ether oxygens (including phenoxy) is 2. The first-order valence-electron chi connectivity index (χ1n) is 8.26. The van der Waals surface area contributed by atoms with Crippen LogP contribution in [0.4, 0.5) is 0 Å². The molecule has 2 rings (SSSR count). The lowest BCUT2D eigenvalue weighted by molar-refractivity contribution is 0.0953. The minimum Gasteiger partial charge on any atom is -0.497 e. The normalized spacial score (nSPS) is 10.5. The lowest BCUT2D eigenvalue weighted by Gasteiger charge is -2.10. The molecule has 4 nitrogen and oxygen atoms in total. The van der Waals surface area contributed by atoms with Crippen molar-refractivity contribution in [1.29, 1.82) is 0 Å². The quantitative estimate of drug-likeness (QED) is 0.749. The van der Waals surface area contributed by atoms with Crippen LogP contribution in [-0.4, -0.2) is 25.7 Å². The fourth-order valence-electron chi connectivity index (χ4n) is 2.37. The Balaban J connectivity index is 1.75. The highest BCUT2D eigenvalue weighted by atomic mass is 16.5. The van der Waals surface area contributed by atoms with Crippen LogP contribution in [0.1, 0.15) is 36.2 Å². The van der Waals surface area contributed by atoms with Crippen LogP contribution >= 0.6 is 0 Å². The number of carbonyl (C=O) groups excluding carboxylic acids is 1. The third kappa shape index (κ3) is 5.61. The van der Waals surface area contributed by atoms with E-state index in [1.54, 1.807) is 19.2 Å². The minimum atomic E-state index is -0.0745. The minimum absolute atomic E-state index is 0.0745. The molecular weight excluding hydrogens is 302 g/mol. The Morgan fingerprint density at radius 1 is 1.08 bits per heavy atom. The van der Waals surface area contributed by atoms with Gasteiger partial charge in [0.25, 0.3) is 5.91 Å². The molecule has 1 amide bonds. The van der Waals surface area contributed by atoms with Crippen molar-refractivity contribution in [2.75, 3.05) is 13.7 Å². The van der Waals surface area contributed by atoms with Crippen molar-refractivity contribution in [3.63, 3.8) is 0 Å². The van der Waals surface area contributed by atoms with Crippen LogP contribution in [0.5, 0.6) is 11.5 Å². The van der Waals surface area contributed by atoms with Crippen molar-refractivity contribution in [2.45, 2.75) is 32.8 Å². The average Bonchev–Trinajstić information content (AvgIpc) is 2.59. The Kier molecular flexibility index (Phi) is 6.67. The number of hydrogen-bond acceptors (Lipinski definition) is 3. The van der Waals surface area contributed by atoms with E-state index in [0.29, 0.717) is 17.9 Å². The molecule has 0 aliphatic carbocycles. The van der Waals surface area contributed by atoms with Gasteiger partial charge in [0, 0.05) is 12.1 Å². The second-order valence-corrected chi connectivity index (χ2v) is 5.90. The summed E-state index contributed by atoms with van der Waals surface area (Å²) in [6, 6.07) is 15.3. The van der Waals surface area contributed by atoms with Crippen LogP contribution in [0.2, 0.25) is 0 Å². The van der Waals surface area contributed by atoms with Gasteiger partial charge in [-0.15, -0.1) is 0 Å². The molecule has 0 saturated heterocycles. The molecule has 1 N–H and O–H groups in total. The molecule has 24 heavy (non-hydrogen) atoms. The summed E-state index contributed by atoms with van der Waals surface area (Å²) >= 11 is 0. The average molecular weight is 327 g/mol. The highest BCUT2D eigenvalue weighted by Gasteiger charge is 2.06. The standard InChI is InChI=1S/C20H25NO3/c1-15(2)24-18-11-9-16(10-12-18)6-5-13-21-20(22)17-7-4-8-19(14-17)23-3/h4,7-12,14-15H,5-6,13H2,1-3H3,(H,21,22). The van der Waals surface area contributed by atoms with Gasteiger partial charge in [0.05, 0.1) is 13.2 Å². The number of nitrogens with one attached hydrogen (secondary N) is 1. The third-order valence-electron chi connectivity index (χ3n) is 3.55. The van der Waals surface area contributed by atoms with Crippen LogP contribution in [0.3, 0.4) is 0 Å². The highest BCUT2D eigenvalue weighted by Crippen LogP contribution is 2.15. The molecule has 0 heterocycles. The van der Waals surface area contributed by atoms with Crippen molar-refractivity contribution in [3.05, 3.63) is 59.7 Å². The van der Waals surface area contributed by atoms with Gasteiger partial charge in [-0.3, -0.25) is 4.79 Å². The molecule has 2 aromatic rings. The van der Waals surface area contributed by atoms with E-state index in [4.69, 9.17) is 9.47 Å². The van der Waals surface area contributed by atoms with Crippen LogP contribution in [0.15, 0.2) is 48.5 Å². The SMILES string of the molecule is COc1cccc(C(=O)NCCCc2ccc(OC(C)C)cc2)c1. The van der Waals surface area contributed by atoms with Crippen molar-refractivity contribution >= 4 is 5.91 Å². The van der Waals surface area contributed by atoms with Gasteiger partial charge in [-0.2, -0.15) is 0 Å². The maximum absolute atomic E-state index is 12.1. The zero-order valence-electron chi connectivity index (χ0n) is 14.5. The fourth-order valence-corrected chi connectivity index (χ4v) is 2.37. The Morgan fingerprint density at radius 2 is 1.83 bits per heavy atom. The molecule has 0 aromatic heterocycles. The van der Waals surface area contributed by atoms with E-state index in [1.165, 1.54) is 5.56 Å². The molecule has 0 saturated carbocycles. The van der Waals surface area contributed by atoms with Crippen molar-refractivity contribution in [2.24, 2.45) is 0 Å². The van der Waals surface area contributed by atoms with E-state index in [-0.39, 0.29) is 12.0 Å². The number of hydrogen-bond donors (Lipinski definition) is 1. The zero-order chi connectivity index (χ0) is 17.4. The predicted octanol–water partition coefficient (Wildman–Crippen LogP) is 3.85. The van der Waals surface area contributed by atoms with E-state index in [2.05, 4.69) is 17.4 Å². The van der Waals surface area contributed by atoms with Crippen molar-refractivity contribution < 1.29 is 14.3 Å². The summed E-state index contributed by atoms with van der Waals surface area (Å²) in [6.45, 7) is 4.66. The molecule has 4 heteroatoms. The Hall–Kier alpha value is -2.49. The monoisotopic (exact) mass is 327 g/mol. The smallest absolute Gasteiger partial charge is 0.251 e. The van der Waals surface area contributed by atoms with Gasteiger partial charge in [-0.05, 0) is 62.6 Å². The lowest BCUT2D eigenvalue weighted by atomic mass is 10.1. The van der Waals surface area contributed by atoms with Crippen LogP contribution in [0.25, 0.3) is 0 Å². The van der Waals surface area contributed by atoms with Gasteiger partial charge < -0.3 is 14.8 Å². The maximum atomic E-state index is 12.1. The molecule has 0 atom stereocenters. The second-order valence-electron chi connectivity index (χ2n) is 5.90. The maximum Gasteiger partial charge on any atom is 0.251 e. The summed E-state index contributed by atoms with van der Waals surface area (Å²) in [5, 5.41) is 2.94. The van der Waals surface area contributed by atoms with E-state index >= 15 is 0 Å². The first-order chi connectivity index (χ1) is 11.6. The Labute approximate surface area is 143 Å². The van der Waals surface area contributed by atoms with Gasteiger partial charge in [-0.25, -0.2) is 0 Å². The number of carbonyl (C=O) groups is 1. The molecule has 0 fully saturated rings. The van der Waals surface area contributed by atoms with Gasteiger partial charge in [-0.1, -0.05) is 18.2 Å². The summed E-state index contributed by atoms with van der Waals surface area (Å²) in [6.07, 6.45) is 1.99. The second kappa shape index (κ2) is 8.96. The molecule has 0 radical (unpaired) electrons. The van der Waals surface area contributed by atoms with Crippen molar-refractivity contribution in [1.82, 2.24) is 5.32 Å². The van der Waals surface area contributed by atoms with Crippen LogP contribution < -0.4 is 14.8 Å². The highest BCUT2D eigenvalue weighted by molar-refractivity contribution is 5.94. The van der Waals surface area contributed by atoms with Crippen LogP contribution in [-0.2, 0) is 6.42 Å². The fraction of sp³-hybridized carbons (Fsp3) is 0.350. The van der Waals surface area contributed by atoms with Gasteiger partial charge in [0.1, 0.15) is 11.5 Å². The summed E-state index contributed by atoms with van der Waals surface area (Å²) in [7, 11) is 1.59. The number of benzene rings is 2. The molecule has 0 spiro atoms. The summed E-state index contributed by atoms with van der Waals surface area (Å²) in [5.74, 6) is 1.50. The topological polar surface area (TPSA) is 47.6 Å². The number of rotatable bonds is 8. The third-order valence-corrected chi connectivity index (χ3v) is 3.55. The van der Waals surface area contributed by atoms with E-state index < -0.39 is 0 Å². The van der Waals surface area contributed by atoms with Crippen LogP contribution in [0, 0.1) is 0 Å². The zero-order valence-corrected chi connectivity index (χ0v) is 14.5. The van der Waals surface area contributed by atoms with E-state index in [0.717, 1.165) is 18.6 Å². The number of aryl methyl sites for hydroxylation is 1. The first-order valence-corrected chi connectivity index (χ1v) is 8.26. The van der Waals surface area contributed by atoms with E-state index in [9.17, 15) is 4.79 Å². The molecule has 128 valence electrons. The summed E-state index contributed by atoms with van der Waals surface area (Å²) in [4.78, 5) is 12.1. The van der Waals surface area contributed by atoms with Gasteiger partial charge in [0.2, 0.25) is 0 Å². The first kappa shape index (κ1) is 17.9. The largest absolute Gasteiger partial charge is 0.497 e. The molecule has 2 aromatic carbocycles. The Bertz CT molecular complexity index is 650. The van der Waals surface area contributed by atoms with Crippen molar-refractivity contribution in [3.8, 4) is 11.5 Å². The number of methoxy groups -OCH3 is 1. The summed E-state index contributed by atoms with van der Waals surface area (Å²) < 4.78 is 10.8. The summed E-state index contributed by atoms with van der Waals surface area (Å²) in [5.41, 5.74) is 1.85.